The molecule has 0 saturated heterocycles. The van der Waals surface area contributed by atoms with Gasteiger partial charge in [-0.3, -0.25) is 15.1 Å². The van der Waals surface area contributed by atoms with Gasteiger partial charge in [0.15, 0.2) is 11.5 Å². The van der Waals surface area contributed by atoms with Crippen LogP contribution in [0.3, 0.4) is 0 Å². The van der Waals surface area contributed by atoms with Gasteiger partial charge in [0.05, 0.1) is 24.7 Å². The zero-order valence-corrected chi connectivity index (χ0v) is 13.8. The van der Waals surface area contributed by atoms with Gasteiger partial charge in [0.25, 0.3) is 5.69 Å². The average Bonchev–Trinajstić information content (AvgIpc) is 2.56. The van der Waals surface area contributed by atoms with Crippen molar-refractivity contribution in [1.82, 2.24) is 0 Å². The fourth-order valence-electron chi connectivity index (χ4n) is 1.97. The lowest BCUT2D eigenvalue weighted by Crippen LogP contribution is -1.96. The van der Waals surface area contributed by atoms with Gasteiger partial charge in [-0.15, -0.1) is 0 Å². The van der Waals surface area contributed by atoms with Crippen molar-refractivity contribution in [3.8, 4) is 17.2 Å². The maximum absolute atomic E-state index is 10.8. The number of aromatic hydroxyl groups is 1. The predicted octanol–water partition coefficient (Wildman–Crippen LogP) is 4.11. The number of aliphatic imine (C=N–C) groups is 1. The number of nitro groups is 1. The van der Waals surface area contributed by atoms with Crippen LogP contribution >= 0.6 is 11.6 Å². The second-order valence-electron chi connectivity index (χ2n) is 4.65. The Hall–Kier alpha value is -2.80. The van der Waals surface area contributed by atoms with Crippen LogP contribution in [0.5, 0.6) is 17.2 Å². The van der Waals surface area contributed by atoms with E-state index in [9.17, 15) is 15.2 Å². The van der Waals surface area contributed by atoms with Gasteiger partial charge in [-0.05, 0) is 36.8 Å². The molecule has 0 aliphatic carbocycles. The first kappa shape index (κ1) is 17.6. The Labute approximate surface area is 143 Å². The molecule has 8 heteroatoms. The minimum Gasteiger partial charge on any atom is -0.505 e. The number of phenols is 1. The highest BCUT2D eigenvalue weighted by Crippen LogP contribution is 2.36. The van der Waals surface area contributed by atoms with Crippen molar-refractivity contribution < 1.29 is 19.5 Å². The summed E-state index contributed by atoms with van der Waals surface area (Å²) in [7, 11) is 1.53. The number of nitrogens with zero attached hydrogens (tertiary/aromatic N) is 2. The number of nitro benzene ring substituents is 1. The fraction of sp³-hybridized carbons (Fsp3) is 0.188. The standard InChI is InChI=1S/C16H15ClN2O5/c1-3-24-15-5-4-10(6-16(15)23-2)9-18-12-7-11(17)13(19(21)22)8-14(12)20/h4-9,20H,3H2,1-2H3. The van der Waals surface area contributed by atoms with Crippen molar-refractivity contribution in [3.63, 3.8) is 0 Å². The topological polar surface area (TPSA) is 94.2 Å². The van der Waals surface area contributed by atoms with Crippen molar-refractivity contribution in [3.05, 3.63) is 51.0 Å². The van der Waals surface area contributed by atoms with Crippen molar-refractivity contribution >= 4 is 29.2 Å². The van der Waals surface area contributed by atoms with Gasteiger partial charge in [0, 0.05) is 6.21 Å². The second-order valence-corrected chi connectivity index (χ2v) is 5.06. The van der Waals surface area contributed by atoms with E-state index < -0.39 is 4.92 Å². The molecule has 126 valence electrons. The molecule has 0 aromatic heterocycles. The third-order valence-electron chi connectivity index (χ3n) is 3.08. The number of hydrogen-bond acceptors (Lipinski definition) is 6. The smallest absolute Gasteiger partial charge is 0.291 e. The highest BCUT2D eigenvalue weighted by molar-refractivity contribution is 6.33. The summed E-state index contributed by atoms with van der Waals surface area (Å²) >= 11 is 5.82. The van der Waals surface area contributed by atoms with E-state index in [-0.39, 0.29) is 22.1 Å². The number of ether oxygens (including phenoxy) is 2. The molecule has 0 aliphatic heterocycles. The lowest BCUT2D eigenvalue weighted by atomic mass is 10.2. The highest BCUT2D eigenvalue weighted by atomic mass is 35.5. The van der Waals surface area contributed by atoms with Crippen molar-refractivity contribution in [2.45, 2.75) is 6.92 Å². The van der Waals surface area contributed by atoms with Crippen LogP contribution < -0.4 is 9.47 Å². The molecule has 2 aromatic carbocycles. The Kier molecular flexibility index (Phi) is 5.59. The van der Waals surface area contributed by atoms with Crippen LogP contribution in [0.25, 0.3) is 0 Å². The van der Waals surface area contributed by atoms with Crippen molar-refractivity contribution in [1.29, 1.82) is 0 Å². The number of benzene rings is 2. The van der Waals surface area contributed by atoms with Crippen LogP contribution in [-0.4, -0.2) is 30.0 Å². The Balaban J connectivity index is 2.31. The molecule has 0 fully saturated rings. The van der Waals surface area contributed by atoms with Crippen LogP contribution in [0, 0.1) is 10.1 Å². The van der Waals surface area contributed by atoms with Gasteiger partial charge in [-0.2, -0.15) is 0 Å². The number of hydrogen-bond donors (Lipinski definition) is 1. The minimum atomic E-state index is -0.674. The molecular formula is C16H15ClN2O5. The monoisotopic (exact) mass is 350 g/mol. The Morgan fingerprint density at radius 2 is 2.08 bits per heavy atom. The second kappa shape index (κ2) is 7.65. The molecule has 0 spiro atoms. The number of halogens is 1. The first-order chi connectivity index (χ1) is 11.5. The molecule has 0 atom stereocenters. The first-order valence-electron chi connectivity index (χ1n) is 6.98. The molecule has 0 bridgehead atoms. The Morgan fingerprint density at radius 1 is 1.33 bits per heavy atom. The van der Waals surface area contributed by atoms with E-state index in [1.165, 1.54) is 19.4 Å². The SMILES string of the molecule is CCOc1ccc(C=Nc2cc(Cl)c([N+](=O)[O-])cc2O)cc1OC. The quantitative estimate of drug-likeness (QED) is 0.480. The summed E-state index contributed by atoms with van der Waals surface area (Å²) in [5.74, 6) is 0.824. The number of phenolic OH excluding ortho intramolecular Hbond substituents is 1. The van der Waals surface area contributed by atoms with E-state index in [0.717, 1.165) is 6.07 Å². The Morgan fingerprint density at radius 3 is 2.71 bits per heavy atom. The van der Waals surface area contributed by atoms with Gasteiger partial charge < -0.3 is 14.6 Å². The lowest BCUT2D eigenvalue weighted by Gasteiger charge is -2.09. The van der Waals surface area contributed by atoms with Crippen LogP contribution in [0.15, 0.2) is 35.3 Å². The van der Waals surface area contributed by atoms with Crippen LogP contribution in [-0.2, 0) is 0 Å². The summed E-state index contributed by atoms with van der Waals surface area (Å²) in [5.41, 5.74) is 0.443. The minimum absolute atomic E-state index is 0.103. The molecule has 0 saturated carbocycles. The highest BCUT2D eigenvalue weighted by Gasteiger charge is 2.16. The predicted molar refractivity (Wildman–Crippen MR) is 91.2 cm³/mol. The third kappa shape index (κ3) is 3.94. The zero-order valence-electron chi connectivity index (χ0n) is 13.0. The number of methoxy groups -OCH3 is 1. The van der Waals surface area contributed by atoms with Crippen molar-refractivity contribution in [2.75, 3.05) is 13.7 Å². The van der Waals surface area contributed by atoms with E-state index in [4.69, 9.17) is 21.1 Å². The summed E-state index contributed by atoms with van der Waals surface area (Å²) in [6, 6.07) is 7.43. The van der Waals surface area contributed by atoms with Crippen LogP contribution in [0.1, 0.15) is 12.5 Å². The molecule has 0 aliphatic rings. The summed E-state index contributed by atoms with van der Waals surface area (Å²) in [6.45, 7) is 2.38. The molecule has 0 radical (unpaired) electrons. The van der Waals surface area contributed by atoms with Gasteiger partial charge in [-0.25, -0.2) is 0 Å². The molecular weight excluding hydrogens is 336 g/mol. The average molecular weight is 351 g/mol. The van der Waals surface area contributed by atoms with E-state index in [1.807, 2.05) is 6.92 Å². The van der Waals surface area contributed by atoms with E-state index in [0.29, 0.717) is 23.7 Å². The van der Waals surface area contributed by atoms with Crippen molar-refractivity contribution in [2.24, 2.45) is 4.99 Å². The summed E-state index contributed by atoms with van der Waals surface area (Å²) in [5, 5.41) is 20.5. The van der Waals surface area contributed by atoms with Gasteiger partial charge in [0.1, 0.15) is 16.5 Å². The van der Waals surface area contributed by atoms with Crippen LogP contribution in [0.2, 0.25) is 5.02 Å². The number of rotatable bonds is 6. The largest absolute Gasteiger partial charge is 0.505 e. The molecule has 2 rings (SSSR count). The zero-order chi connectivity index (χ0) is 17.7. The molecule has 0 heterocycles. The Bertz CT molecular complexity index is 792. The van der Waals surface area contributed by atoms with E-state index >= 15 is 0 Å². The van der Waals surface area contributed by atoms with E-state index in [1.54, 1.807) is 18.2 Å². The first-order valence-corrected chi connectivity index (χ1v) is 7.35. The molecule has 0 unspecified atom stereocenters. The van der Waals surface area contributed by atoms with Gasteiger partial charge >= 0.3 is 0 Å². The van der Waals surface area contributed by atoms with Gasteiger partial charge in [0.2, 0.25) is 0 Å². The third-order valence-corrected chi connectivity index (χ3v) is 3.38. The molecule has 0 amide bonds. The lowest BCUT2D eigenvalue weighted by molar-refractivity contribution is -0.384. The molecule has 1 N–H and O–H groups in total. The maximum atomic E-state index is 10.8. The summed E-state index contributed by atoms with van der Waals surface area (Å²) < 4.78 is 10.7. The summed E-state index contributed by atoms with van der Waals surface area (Å²) in [6.07, 6.45) is 1.48. The normalized spacial score (nSPS) is 10.8. The molecule has 2 aromatic rings. The van der Waals surface area contributed by atoms with Gasteiger partial charge in [-0.1, -0.05) is 11.6 Å². The van der Waals surface area contributed by atoms with Crippen LogP contribution in [0.4, 0.5) is 11.4 Å². The maximum Gasteiger partial charge on any atom is 0.291 e. The summed E-state index contributed by atoms with van der Waals surface area (Å²) in [4.78, 5) is 14.2. The molecule has 24 heavy (non-hydrogen) atoms. The fourth-order valence-corrected chi connectivity index (χ4v) is 2.19. The van der Waals surface area contributed by atoms with E-state index in [2.05, 4.69) is 4.99 Å². The molecule has 7 nitrogen and oxygen atoms in total.